The summed E-state index contributed by atoms with van der Waals surface area (Å²) in [5.74, 6) is -1.02. The van der Waals surface area contributed by atoms with E-state index in [0.717, 1.165) is 12.1 Å². The van der Waals surface area contributed by atoms with Crippen LogP contribution in [0.4, 0.5) is 18.9 Å². The second kappa shape index (κ2) is 6.29. The molecule has 0 unspecified atom stereocenters. The summed E-state index contributed by atoms with van der Waals surface area (Å²) < 4.78 is 45.2. The lowest BCUT2D eigenvalue weighted by Gasteiger charge is -2.25. The van der Waals surface area contributed by atoms with Crippen molar-refractivity contribution in [2.24, 2.45) is 7.05 Å². The van der Waals surface area contributed by atoms with Gasteiger partial charge in [-0.3, -0.25) is 9.36 Å². The van der Waals surface area contributed by atoms with Crippen molar-refractivity contribution < 1.29 is 22.4 Å². The Kier molecular flexibility index (Phi) is 4.37. The molecular formula is C19H17F3N2O3. The number of rotatable bonds is 3. The Hall–Kier alpha value is -3.03. The van der Waals surface area contributed by atoms with Gasteiger partial charge in [0.2, 0.25) is 5.91 Å². The number of aryl methyl sites for hydroxylation is 1. The van der Waals surface area contributed by atoms with Gasteiger partial charge in [-0.15, -0.1) is 0 Å². The number of carbonyl (C=O) groups excluding carboxylic acids is 1. The predicted molar refractivity (Wildman–Crippen MR) is 94.6 cm³/mol. The third-order valence-electron chi connectivity index (χ3n) is 4.53. The van der Waals surface area contributed by atoms with Gasteiger partial charge < -0.3 is 9.73 Å². The Bertz CT molecular complexity index is 1080. The van der Waals surface area contributed by atoms with Gasteiger partial charge in [0.05, 0.1) is 16.5 Å². The maximum absolute atomic E-state index is 12.9. The third-order valence-corrected chi connectivity index (χ3v) is 4.53. The zero-order chi connectivity index (χ0) is 20.0. The number of benzene rings is 2. The smallest absolute Gasteiger partial charge is 0.408 e. The average molecular weight is 378 g/mol. The summed E-state index contributed by atoms with van der Waals surface area (Å²) in [5.41, 5.74) is -0.544. The first-order valence-electron chi connectivity index (χ1n) is 8.09. The molecular weight excluding hydrogens is 361 g/mol. The quantitative estimate of drug-likeness (QED) is 0.747. The summed E-state index contributed by atoms with van der Waals surface area (Å²) in [4.78, 5) is 24.3. The van der Waals surface area contributed by atoms with Crippen LogP contribution in [-0.2, 0) is 23.4 Å². The summed E-state index contributed by atoms with van der Waals surface area (Å²) in [6, 6.07) is 9.40. The molecule has 0 spiro atoms. The fourth-order valence-electron chi connectivity index (χ4n) is 2.71. The molecule has 0 radical (unpaired) electrons. The largest absolute Gasteiger partial charge is 0.419 e. The Morgan fingerprint density at radius 2 is 1.74 bits per heavy atom. The lowest BCUT2D eigenvalue weighted by Crippen LogP contribution is -2.35. The van der Waals surface area contributed by atoms with E-state index in [0.29, 0.717) is 16.8 Å². The average Bonchev–Trinajstić information content (AvgIpc) is 2.88. The minimum absolute atomic E-state index is 0.238. The number of nitrogens with one attached hydrogen (secondary N) is 1. The van der Waals surface area contributed by atoms with Crippen molar-refractivity contribution in [3.63, 3.8) is 0 Å². The number of hydrogen-bond donors (Lipinski definition) is 1. The third kappa shape index (κ3) is 3.47. The van der Waals surface area contributed by atoms with E-state index < -0.39 is 28.8 Å². The highest BCUT2D eigenvalue weighted by molar-refractivity contribution is 5.99. The Morgan fingerprint density at radius 1 is 1.07 bits per heavy atom. The molecule has 8 heteroatoms. The van der Waals surface area contributed by atoms with E-state index in [4.69, 9.17) is 4.42 Å². The normalized spacial score (nSPS) is 12.4. The monoisotopic (exact) mass is 378 g/mol. The number of alkyl halides is 3. The van der Waals surface area contributed by atoms with Crippen LogP contribution in [0, 0.1) is 0 Å². The molecule has 1 amide bonds. The maximum atomic E-state index is 12.9. The summed E-state index contributed by atoms with van der Waals surface area (Å²) in [5, 5.41) is 2.67. The molecule has 142 valence electrons. The van der Waals surface area contributed by atoms with E-state index in [1.807, 2.05) is 0 Å². The lowest BCUT2D eigenvalue weighted by atomic mass is 9.83. The molecule has 0 bridgehead atoms. The Labute approximate surface area is 152 Å². The van der Waals surface area contributed by atoms with Gasteiger partial charge in [-0.1, -0.05) is 18.2 Å². The van der Waals surface area contributed by atoms with Crippen molar-refractivity contribution in [3.8, 4) is 0 Å². The number of fused-ring (bicyclic) bond motifs is 1. The van der Waals surface area contributed by atoms with Gasteiger partial charge in [-0.2, -0.15) is 13.2 Å². The van der Waals surface area contributed by atoms with Crippen molar-refractivity contribution in [1.29, 1.82) is 0 Å². The number of oxazole rings is 1. The molecule has 3 aromatic rings. The van der Waals surface area contributed by atoms with Crippen molar-refractivity contribution >= 4 is 22.7 Å². The first kappa shape index (κ1) is 18.8. The zero-order valence-corrected chi connectivity index (χ0v) is 14.8. The van der Waals surface area contributed by atoms with Crippen LogP contribution in [0.15, 0.2) is 51.7 Å². The van der Waals surface area contributed by atoms with Gasteiger partial charge in [0.15, 0.2) is 5.58 Å². The fraction of sp³-hybridized carbons (Fsp3) is 0.263. The fourth-order valence-corrected chi connectivity index (χ4v) is 2.71. The van der Waals surface area contributed by atoms with E-state index in [1.54, 1.807) is 33.0 Å². The highest BCUT2D eigenvalue weighted by atomic mass is 19.4. The van der Waals surface area contributed by atoms with E-state index >= 15 is 0 Å². The summed E-state index contributed by atoms with van der Waals surface area (Å²) in [6.07, 6.45) is -4.49. The molecule has 1 heterocycles. The Morgan fingerprint density at radius 3 is 2.41 bits per heavy atom. The number of carbonyl (C=O) groups is 1. The Balaban J connectivity index is 1.89. The van der Waals surface area contributed by atoms with E-state index in [2.05, 4.69) is 5.32 Å². The number of nitrogens with zero attached hydrogens (tertiary/aromatic N) is 1. The van der Waals surface area contributed by atoms with Crippen molar-refractivity contribution in [2.75, 3.05) is 5.32 Å². The van der Waals surface area contributed by atoms with Crippen molar-refractivity contribution in [1.82, 2.24) is 4.57 Å². The molecule has 5 nitrogen and oxygen atoms in total. The predicted octanol–water partition coefficient (Wildman–Crippen LogP) is 4.07. The van der Waals surface area contributed by atoms with Crippen LogP contribution < -0.4 is 11.1 Å². The van der Waals surface area contributed by atoms with Crippen molar-refractivity contribution in [2.45, 2.75) is 25.4 Å². The van der Waals surface area contributed by atoms with E-state index in [9.17, 15) is 22.8 Å². The van der Waals surface area contributed by atoms with Gasteiger partial charge in [0.25, 0.3) is 0 Å². The highest BCUT2D eigenvalue weighted by Gasteiger charge is 2.35. The summed E-state index contributed by atoms with van der Waals surface area (Å²) in [7, 11) is 1.56. The molecule has 27 heavy (non-hydrogen) atoms. The highest BCUT2D eigenvalue weighted by Crippen LogP contribution is 2.33. The van der Waals surface area contributed by atoms with Gasteiger partial charge in [-0.05, 0) is 37.6 Å². The molecule has 0 aliphatic heterocycles. The van der Waals surface area contributed by atoms with Crippen LogP contribution in [0.25, 0.3) is 11.1 Å². The summed E-state index contributed by atoms with van der Waals surface area (Å²) >= 11 is 0. The topological polar surface area (TPSA) is 64.2 Å². The molecule has 3 rings (SSSR count). The van der Waals surface area contributed by atoms with Crippen LogP contribution in [0.1, 0.15) is 25.0 Å². The van der Waals surface area contributed by atoms with Gasteiger partial charge in [0, 0.05) is 18.8 Å². The number of amides is 1. The van der Waals surface area contributed by atoms with Crippen LogP contribution in [-0.4, -0.2) is 10.5 Å². The zero-order valence-electron chi connectivity index (χ0n) is 14.8. The molecule has 1 N–H and O–H groups in total. The van der Waals surface area contributed by atoms with E-state index in [-0.39, 0.29) is 5.56 Å². The summed E-state index contributed by atoms with van der Waals surface area (Å²) in [6.45, 7) is 3.08. The van der Waals surface area contributed by atoms with Crippen molar-refractivity contribution in [3.05, 3.63) is 64.1 Å². The van der Waals surface area contributed by atoms with Gasteiger partial charge in [0.1, 0.15) is 0 Å². The van der Waals surface area contributed by atoms with Gasteiger partial charge >= 0.3 is 11.9 Å². The number of aromatic nitrogens is 1. The number of hydrogen-bond acceptors (Lipinski definition) is 3. The molecule has 0 aliphatic rings. The standard InChI is InChI=1S/C19H17F3N2O3/c1-18(2,11-5-4-6-12(9-11)19(20,21)22)16(25)23-13-7-8-14-15(10-13)27-17(26)24(14)3/h4-10H,1-3H3,(H,23,25). The first-order valence-corrected chi connectivity index (χ1v) is 8.09. The molecule has 0 atom stereocenters. The van der Waals surface area contributed by atoms with Crippen LogP contribution in [0.5, 0.6) is 0 Å². The minimum atomic E-state index is -4.49. The van der Waals surface area contributed by atoms with E-state index in [1.165, 1.54) is 22.8 Å². The first-order chi connectivity index (χ1) is 12.5. The second-order valence-corrected chi connectivity index (χ2v) is 6.77. The SMILES string of the molecule is Cn1c(=O)oc2cc(NC(=O)C(C)(C)c3cccc(C(F)(F)F)c3)ccc21. The lowest BCUT2D eigenvalue weighted by molar-refractivity contribution is -0.137. The minimum Gasteiger partial charge on any atom is -0.408 e. The molecule has 2 aromatic carbocycles. The van der Waals surface area contributed by atoms with Crippen LogP contribution >= 0.6 is 0 Å². The molecule has 0 fully saturated rings. The van der Waals surface area contributed by atoms with Gasteiger partial charge in [-0.25, -0.2) is 4.79 Å². The number of anilines is 1. The van der Waals surface area contributed by atoms with Crippen LogP contribution in [0.3, 0.4) is 0 Å². The van der Waals surface area contributed by atoms with Crippen LogP contribution in [0.2, 0.25) is 0 Å². The molecule has 0 aliphatic carbocycles. The molecule has 0 saturated heterocycles. The maximum Gasteiger partial charge on any atom is 0.419 e. The second-order valence-electron chi connectivity index (χ2n) is 6.77. The molecule has 0 saturated carbocycles. The number of halogens is 3. The molecule has 1 aromatic heterocycles.